The zero-order valence-electron chi connectivity index (χ0n) is 18.8. The molecule has 1 aliphatic rings. The van der Waals surface area contributed by atoms with Crippen LogP contribution in [0.25, 0.3) is 17.4 Å². The van der Waals surface area contributed by atoms with Gasteiger partial charge in [0.2, 0.25) is 0 Å². The summed E-state index contributed by atoms with van der Waals surface area (Å²) in [6.07, 6.45) is 2.51. The predicted octanol–water partition coefficient (Wildman–Crippen LogP) is 7.33. The number of aryl methyl sites for hydroxylation is 1. The number of non-ortho nitro benzene ring substituents is 1. The molecular weight excluding hydrogens is 518 g/mol. The standard InChI is InChI=1S/C25H22BrN3O4S/c1-4-16(3)28-24(30)23(34-25(28)27-17-7-5-15(2)6-8-17)14-19-10-12-22(33-19)20-11-9-18(29(31)32)13-21(20)26/h5-14,16H,4H2,1-3H3/b23-14+,27-25?/t16-/m0/s1. The fraction of sp³-hybridized carbons (Fsp3) is 0.200. The Morgan fingerprint density at radius 1 is 1.21 bits per heavy atom. The van der Waals surface area contributed by atoms with Gasteiger partial charge in [-0.2, -0.15) is 0 Å². The molecular formula is C25H22BrN3O4S. The Kier molecular flexibility index (Phi) is 7.04. The topological polar surface area (TPSA) is 89.0 Å². The van der Waals surface area contributed by atoms with Gasteiger partial charge in [-0.25, -0.2) is 4.99 Å². The average Bonchev–Trinajstić information content (AvgIpc) is 3.39. The molecule has 1 aromatic heterocycles. The van der Waals surface area contributed by atoms with Crippen LogP contribution in [-0.4, -0.2) is 26.9 Å². The van der Waals surface area contributed by atoms with Gasteiger partial charge in [-0.05, 0) is 78.3 Å². The Bertz CT molecular complexity index is 1310. The molecule has 0 radical (unpaired) electrons. The van der Waals surface area contributed by atoms with Crippen LogP contribution in [-0.2, 0) is 4.79 Å². The second-order valence-corrected chi connectivity index (χ2v) is 9.76. The molecule has 0 bridgehead atoms. The molecule has 1 aliphatic heterocycles. The van der Waals surface area contributed by atoms with E-state index in [1.807, 2.05) is 45.0 Å². The quantitative estimate of drug-likeness (QED) is 0.186. The summed E-state index contributed by atoms with van der Waals surface area (Å²) in [6, 6.07) is 15.9. The SMILES string of the molecule is CC[C@H](C)N1C(=O)/C(=C\c2ccc(-c3ccc([N+](=O)[O-])cc3Br)o2)SC1=Nc1ccc(C)cc1. The summed E-state index contributed by atoms with van der Waals surface area (Å²) in [5, 5.41) is 11.6. The molecule has 2 aromatic carbocycles. The molecule has 1 saturated heterocycles. The highest BCUT2D eigenvalue weighted by Gasteiger charge is 2.36. The maximum absolute atomic E-state index is 13.2. The van der Waals surface area contributed by atoms with Crippen molar-refractivity contribution in [2.24, 2.45) is 4.99 Å². The predicted molar refractivity (Wildman–Crippen MR) is 139 cm³/mol. The number of carbonyl (C=O) groups is 1. The number of nitro benzene ring substituents is 1. The minimum Gasteiger partial charge on any atom is -0.457 e. The minimum atomic E-state index is -0.450. The first-order chi connectivity index (χ1) is 16.3. The van der Waals surface area contributed by atoms with Crippen molar-refractivity contribution >= 4 is 56.2 Å². The first-order valence-corrected chi connectivity index (χ1v) is 12.3. The van der Waals surface area contributed by atoms with Gasteiger partial charge in [0.15, 0.2) is 5.17 Å². The molecule has 0 unspecified atom stereocenters. The molecule has 2 heterocycles. The molecule has 0 saturated carbocycles. The summed E-state index contributed by atoms with van der Waals surface area (Å²) in [4.78, 5) is 30.8. The number of nitrogens with zero attached hydrogens (tertiary/aromatic N) is 3. The Balaban J connectivity index is 1.64. The largest absolute Gasteiger partial charge is 0.457 e. The lowest BCUT2D eigenvalue weighted by atomic mass is 10.1. The summed E-state index contributed by atoms with van der Waals surface area (Å²) in [5.41, 5.74) is 2.61. The number of hydrogen-bond donors (Lipinski definition) is 0. The van der Waals surface area contributed by atoms with Crippen LogP contribution < -0.4 is 0 Å². The third-order valence-corrected chi connectivity index (χ3v) is 7.10. The van der Waals surface area contributed by atoms with E-state index in [0.29, 0.717) is 31.6 Å². The molecule has 0 aliphatic carbocycles. The van der Waals surface area contributed by atoms with Crippen LogP contribution >= 0.6 is 27.7 Å². The van der Waals surface area contributed by atoms with Gasteiger partial charge in [0.1, 0.15) is 11.5 Å². The molecule has 0 N–H and O–H groups in total. The summed E-state index contributed by atoms with van der Waals surface area (Å²) in [5.74, 6) is 0.938. The molecule has 3 aromatic rings. The second kappa shape index (κ2) is 9.99. The van der Waals surface area contributed by atoms with E-state index in [1.165, 1.54) is 23.9 Å². The highest BCUT2D eigenvalue weighted by atomic mass is 79.9. The maximum Gasteiger partial charge on any atom is 0.270 e. The van der Waals surface area contributed by atoms with Gasteiger partial charge in [-0.3, -0.25) is 19.8 Å². The Hall–Kier alpha value is -3.17. The number of halogens is 1. The van der Waals surface area contributed by atoms with Crippen molar-refractivity contribution in [3.63, 3.8) is 0 Å². The zero-order chi connectivity index (χ0) is 24.4. The van der Waals surface area contributed by atoms with Crippen LogP contribution in [0.2, 0.25) is 0 Å². The van der Waals surface area contributed by atoms with E-state index < -0.39 is 4.92 Å². The molecule has 174 valence electrons. The number of hydrogen-bond acceptors (Lipinski definition) is 6. The third kappa shape index (κ3) is 5.00. The van der Waals surface area contributed by atoms with Crippen LogP contribution in [0.5, 0.6) is 0 Å². The minimum absolute atomic E-state index is 0.00155. The van der Waals surface area contributed by atoms with Crippen molar-refractivity contribution in [3.05, 3.63) is 85.4 Å². The molecule has 1 amide bonds. The van der Waals surface area contributed by atoms with Crippen molar-refractivity contribution in [1.29, 1.82) is 0 Å². The summed E-state index contributed by atoms with van der Waals surface area (Å²) in [7, 11) is 0. The number of amidine groups is 1. The first-order valence-electron chi connectivity index (χ1n) is 10.7. The molecule has 1 fully saturated rings. The number of aliphatic imine (C=N–C) groups is 1. The van der Waals surface area contributed by atoms with Gasteiger partial charge in [-0.15, -0.1) is 0 Å². The van der Waals surface area contributed by atoms with Crippen LogP contribution in [0, 0.1) is 17.0 Å². The van der Waals surface area contributed by atoms with Crippen LogP contribution in [0.4, 0.5) is 11.4 Å². The van der Waals surface area contributed by atoms with Gasteiger partial charge in [0.05, 0.1) is 15.5 Å². The van der Waals surface area contributed by atoms with E-state index in [1.54, 1.807) is 29.2 Å². The van der Waals surface area contributed by atoms with E-state index in [4.69, 9.17) is 9.41 Å². The second-order valence-electron chi connectivity index (χ2n) is 7.90. The van der Waals surface area contributed by atoms with Gasteiger partial charge in [0, 0.05) is 34.3 Å². The lowest BCUT2D eigenvalue weighted by Gasteiger charge is -2.22. The smallest absolute Gasteiger partial charge is 0.270 e. The van der Waals surface area contributed by atoms with E-state index in [9.17, 15) is 14.9 Å². The van der Waals surface area contributed by atoms with Crippen molar-refractivity contribution in [2.75, 3.05) is 0 Å². The monoisotopic (exact) mass is 539 g/mol. The van der Waals surface area contributed by atoms with Crippen LogP contribution in [0.1, 0.15) is 31.6 Å². The van der Waals surface area contributed by atoms with E-state index >= 15 is 0 Å². The first kappa shape index (κ1) is 24.0. The Labute approximate surface area is 209 Å². The van der Waals surface area contributed by atoms with Gasteiger partial charge in [-0.1, -0.05) is 24.6 Å². The number of benzene rings is 2. The van der Waals surface area contributed by atoms with Gasteiger partial charge >= 0.3 is 0 Å². The molecule has 34 heavy (non-hydrogen) atoms. The lowest BCUT2D eigenvalue weighted by Crippen LogP contribution is -2.36. The summed E-state index contributed by atoms with van der Waals surface area (Å²) >= 11 is 4.70. The number of rotatable bonds is 6. The molecule has 7 nitrogen and oxygen atoms in total. The molecule has 9 heteroatoms. The fourth-order valence-corrected chi connectivity index (χ4v) is 5.02. The van der Waals surface area contributed by atoms with E-state index in [0.717, 1.165) is 17.7 Å². The van der Waals surface area contributed by atoms with E-state index in [-0.39, 0.29) is 17.6 Å². The lowest BCUT2D eigenvalue weighted by molar-refractivity contribution is -0.384. The number of nitro groups is 1. The van der Waals surface area contributed by atoms with Crippen molar-refractivity contribution in [3.8, 4) is 11.3 Å². The number of furan rings is 1. The molecule has 0 spiro atoms. The number of amides is 1. The normalized spacial score (nSPS) is 17.1. The van der Waals surface area contributed by atoms with Crippen molar-refractivity contribution in [1.82, 2.24) is 4.90 Å². The van der Waals surface area contributed by atoms with Crippen molar-refractivity contribution < 1.29 is 14.1 Å². The maximum atomic E-state index is 13.2. The fourth-order valence-electron chi connectivity index (χ4n) is 3.39. The molecule has 4 rings (SSSR count). The Morgan fingerprint density at radius 3 is 2.59 bits per heavy atom. The van der Waals surface area contributed by atoms with Crippen molar-refractivity contribution in [2.45, 2.75) is 33.2 Å². The van der Waals surface area contributed by atoms with Crippen LogP contribution in [0.15, 0.2) is 73.4 Å². The summed E-state index contributed by atoms with van der Waals surface area (Å²) < 4.78 is 6.50. The van der Waals surface area contributed by atoms with E-state index in [2.05, 4.69) is 15.9 Å². The zero-order valence-corrected chi connectivity index (χ0v) is 21.2. The third-order valence-electron chi connectivity index (χ3n) is 5.46. The summed E-state index contributed by atoms with van der Waals surface area (Å²) in [6.45, 7) is 6.06. The van der Waals surface area contributed by atoms with Gasteiger partial charge < -0.3 is 4.42 Å². The van der Waals surface area contributed by atoms with Crippen LogP contribution in [0.3, 0.4) is 0 Å². The molecule has 1 atom stereocenters. The number of carbonyl (C=O) groups excluding carboxylic acids is 1. The van der Waals surface area contributed by atoms with Gasteiger partial charge in [0.25, 0.3) is 11.6 Å². The number of thioether (sulfide) groups is 1. The average molecular weight is 540 g/mol. The Morgan fingerprint density at radius 2 is 1.94 bits per heavy atom. The highest BCUT2D eigenvalue weighted by Crippen LogP contribution is 2.37. The highest BCUT2D eigenvalue weighted by molar-refractivity contribution is 9.10.